The van der Waals surface area contributed by atoms with E-state index in [1.165, 1.54) is 39.9 Å². The van der Waals surface area contributed by atoms with Crippen molar-refractivity contribution < 1.29 is 22.5 Å². The normalized spacial score (nSPS) is 17.9. The van der Waals surface area contributed by atoms with E-state index < -0.39 is 14.9 Å². The number of hydrogen-bond acceptors (Lipinski definition) is 9. The van der Waals surface area contributed by atoms with Crippen LogP contribution in [0.4, 0.5) is 15.2 Å². The first-order valence-corrected chi connectivity index (χ1v) is 15.1. The zero-order valence-corrected chi connectivity index (χ0v) is 23.2. The average molecular weight is 594 g/mol. The fraction of sp³-hybridized carbons (Fsp3) is 0.214. The number of morpholine rings is 1. The van der Waals surface area contributed by atoms with Crippen LogP contribution in [0.3, 0.4) is 0 Å². The second-order valence-electron chi connectivity index (χ2n) is 9.53. The Morgan fingerprint density at radius 2 is 1.73 bits per heavy atom. The first-order valence-electron chi connectivity index (χ1n) is 12.8. The van der Waals surface area contributed by atoms with Crippen LogP contribution in [0, 0.1) is 15.9 Å². The first kappa shape index (κ1) is 27.1. The van der Waals surface area contributed by atoms with Crippen molar-refractivity contribution >= 4 is 37.9 Å². The summed E-state index contributed by atoms with van der Waals surface area (Å²) in [5, 5.41) is 20.3. The van der Waals surface area contributed by atoms with Crippen molar-refractivity contribution in [1.82, 2.24) is 9.29 Å². The zero-order valence-electron chi connectivity index (χ0n) is 21.6. The maximum absolute atomic E-state index is 13.7. The number of non-ortho nitro benzene ring substituents is 1. The Hall–Kier alpha value is -4.04. The van der Waals surface area contributed by atoms with Gasteiger partial charge in [-0.25, -0.2) is 22.8 Å². The van der Waals surface area contributed by atoms with E-state index in [2.05, 4.69) is 0 Å². The number of thiazole rings is 1. The molecule has 210 valence electrons. The third kappa shape index (κ3) is 5.48. The molecule has 0 aliphatic carbocycles. The van der Waals surface area contributed by atoms with Gasteiger partial charge in [-0.3, -0.25) is 10.1 Å². The highest BCUT2D eigenvalue weighted by Crippen LogP contribution is 2.40. The molecule has 0 radical (unpaired) electrons. The number of aromatic nitrogens is 1. The number of sulfonamides is 1. The molecule has 0 spiro atoms. The minimum atomic E-state index is -3.61. The average Bonchev–Trinajstić information content (AvgIpc) is 3.66. The van der Waals surface area contributed by atoms with Crippen LogP contribution in [-0.4, -0.2) is 54.6 Å². The predicted octanol–water partition coefficient (Wildman–Crippen LogP) is 5.23. The van der Waals surface area contributed by atoms with Crippen molar-refractivity contribution in [3.8, 4) is 11.3 Å². The van der Waals surface area contributed by atoms with Crippen molar-refractivity contribution in [2.45, 2.75) is 17.4 Å². The van der Waals surface area contributed by atoms with Gasteiger partial charge in [0.25, 0.3) is 5.69 Å². The van der Waals surface area contributed by atoms with Gasteiger partial charge in [0.05, 0.1) is 40.5 Å². The number of hydrazone groups is 1. The lowest BCUT2D eigenvalue weighted by Gasteiger charge is -2.26. The highest BCUT2D eigenvalue weighted by Gasteiger charge is 2.32. The molecule has 41 heavy (non-hydrogen) atoms. The van der Waals surface area contributed by atoms with Gasteiger partial charge in [0.1, 0.15) is 5.82 Å². The molecule has 10 nitrogen and oxygen atoms in total. The molecule has 1 aromatic heterocycles. The van der Waals surface area contributed by atoms with Gasteiger partial charge in [-0.1, -0.05) is 36.4 Å². The van der Waals surface area contributed by atoms with Gasteiger partial charge in [-0.05, 0) is 29.8 Å². The topological polar surface area (TPSA) is 118 Å². The molecule has 0 saturated carbocycles. The molecule has 1 fully saturated rings. The van der Waals surface area contributed by atoms with E-state index in [-0.39, 0.29) is 22.4 Å². The Kier molecular flexibility index (Phi) is 7.34. The van der Waals surface area contributed by atoms with Crippen molar-refractivity contribution in [3.63, 3.8) is 0 Å². The molecule has 3 heterocycles. The third-order valence-corrected chi connectivity index (χ3v) is 9.74. The third-order valence-electron chi connectivity index (χ3n) is 7.00. The van der Waals surface area contributed by atoms with Crippen LogP contribution >= 0.6 is 11.3 Å². The number of nitrogens with zero attached hydrogens (tertiary/aromatic N) is 5. The maximum atomic E-state index is 13.7. The second-order valence-corrected chi connectivity index (χ2v) is 12.3. The summed E-state index contributed by atoms with van der Waals surface area (Å²) in [4.78, 5) is 15.9. The van der Waals surface area contributed by atoms with Gasteiger partial charge in [-0.15, -0.1) is 11.3 Å². The van der Waals surface area contributed by atoms with E-state index >= 15 is 0 Å². The van der Waals surface area contributed by atoms with Crippen molar-refractivity contribution in [2.24, 2.45) is 5.10 Å². The number of nitro benzene ring substituents is 1. The van der Waals surface area contributed by atoms with Crippen LogP contribution in [0.5, 0.6) is 0 Å². The summed E-state index contributed by atoms with van der Waals surface area (Å²) >= 11 is 1.37. The lowest BCUT2D eigenvalue weighted by atomic mass is 9.98. The van der Waals surface area contributed by atoms with Gasteiger partial charge in [0.2, 0.25) is 15.2 Å². The molecule has 2 aliphatic heterocycles. The zero-order chi connectivity index (χ0) is 28.6. The molecular weight excluding hydrogens is 569 g/mol. The molecule has 0 unspecified atom stereocenters. The number of halogens is 1. The fourth-order valence-corrected chi connectivity index (χ4v) is 7.08. The summed E-state index contributed by atoms with van der Waals surface area (Å²) in [5.41, 5.74) is 3.47. The van der Waals surface area contributed by atoms with Gasteiger partial charge in [-0.2, -0.15) is 9.41 Å². The van der Waals surface area contributed by atoms with E-state index in [1.807, 2.05) is 5.38 Å². The smallest absolute Gasteiger partial charge is 0.270 e. The van der Waals surface area contributed by atoms with Crippen LogP contribution in [0.25, 0.3) is 11.3 Å². The fourth-order valence-electron chi connectivity index (χ4n) is 4.84. The van der Waals surface area contributed by atoms with Crippen molar-refractivity contribution in [3.05, 3.63) is 105 Å². The summed E-state index contributed by atoms with van der Waals surface area (Å²) in [6.07, 6.45) is 0.440. The van der Waals surface area contributed by atoms with Crippen LogP contribution in [0.2, 0.25) is 0 Å². The quantitative estimate of drug-likeness (QED) is 0.213. The summed E-state index contributed by atoms with van der Waals surface area (Å²) in [6.45, 7) is 1.40. The molecule has 6 rings (SSSR count). The standard InChI is InChI=1S/C28H24FN5O5S2/c29-22-8-4-20(5-9-22)27-17-25(21-2-1-3-23(16-21)34(35)36)31-33(27)28-30-26(18-40-28)19-6-10-24(11-7-19)41(37,38)32-12-14-39-15-13-32/h1-11,16,18,27H,12-15,17H2/t27-/m1/s1. The molecule has 3 aromatic carbocycles. The molecule has 0 N–H and O–H groups in total. The number of anilines is 1. The number of hydrogen-bond donors (Lipinski definition) is 0. The minimum Gasteiger partial charge on any atom is -0.379 e. The Labute approximate surface area is 239 Å². The number of rotatable bonds is 7. The molecular formula is C28H24FN5O5S2. The maximum Gasteiger partial charge on any atom is 0.270 e. The summed E-state index contributed by atoms with van der Waals surface area (Å²) < 4.78 is 46.4. The Balaban J connectivity index is 1.30. The monoisotopic (exact) mass is 593 g/mol. The van der Waals surface area contributed by atoms with E-state index in [9.17, 15) is 22.9 Å². The summed E-state index contributed by atoms with van der Waals surface area (Å²) in [6, 6.07) is 18.8. The molecule has 4 aromatic rings. The predicted molar refractivity (Wildman–Crippen MR) is 153 cm³/mol. The lowest BCUT2D eigenvalue weighted by molar-refractivity contribution is -0.384. The molecule has 1 atom stereocenters. The van der Waals surface area contributed by atoms with E-state index in [1.54, 1.807) is 53.5 Å². The molecule has 2 aliphatic rings. The first-order chi connectivity index (χ1) is 19.8. The highest BCUT2D eigenvalue weighted by atomic mass is 32.2. The van der Waals surface area contributed by atoms with Gasteiger partial charge < -0.3 is 4.74 Å². The Morgan fingerprint density at radius 3 is 2.44 bits per heavy atom. The van der Waals surface area contributed by atoms with Gasteiger partial charge in [0, 0.05) is 48.2 Å². The Morgan fingerprint density at radius 1 is 1.00 bits per heavy atom. The number of nitro groups is 1. The van der Waals surface area contributed by atoms with Crippen LogP contribution in [0.15, 0.2) is 88.2 Å². The van der Waals surface area contributed by atoms with Gasteiger partial charge in [0.15, 0.2) is 0 Å². The second kappa shape index (κ2) is 11.1. The summed E-state index contributed by atoms with van der Waals surface area (Å²) in [5.74, 6) is -0.353. The molecule has 1 saturated heterocycles. The largest absolute Gasteiger partial charge is 0.379 e. The number of ether oxygens (including phenoxy) is 1. The van der Waals surface area contributed by atoms with E-state index in [0.717, 1.165) is 11.1 Å². The Bertz CT molecular complexity index is 1720. The molecule has 0 amide bonds. The van der Waals surface area contributed by atoms with Gasteiger partial charge >= 0.3 is 0 Å². The molecule has 13 heteroatoms. The SMILES string of the molecule is O=[N+]([O-])c1cccc(C2=NN(c3nc(-c4ccc(S(=O)(=O)N5CCOCC5)cc4)cs3)[C@@H](c3ccc(F)cc3)C2)c1. The van der Waals surface area contributed by atoms with E-state index in [0.29, 0.717) is 54.8 Å². The molecule has 0 bridgehead atoms. The minimum absolute atomic E-state index is 0.0300. The lowest BCUT2D eigenvalue weighted by Crippen LogP contribution is -2.40. The van der Waals surface area contributed by atoms with Crippen molar-refractivity contribution in [2.75, 3.05) is 31.3 Å². The van der Waals surface area contributed by atoms with Crippen LogP contribution < -0.4 is 5.01 Å². The summed E-state index contributed by atoms with van der Waals surface area (Å²) in [7, 11) is -3.61. The van der Waals surface area contributed by atoms with Crippen LogP contribution in [0.1, 0.15) is 23.6 Å². The van der Waals surface area contributed by atoms with Crippen LogP contribution in [-0.2, 0) is 14.8 Å². The highest BCUT2D eigenvalue weighted by molar-refractivity contribution is 7.89. The van der Waals surface area contributed by atoms with Crippen molar-refractivity contribution in [1.29, 1.82) is 0 Å². The van der Waals surface area contributed by atoms with E-state index in [4.69, 9.17) is 14.8 Å². The number of benzene rings is 3.